The second-order valence-electron chi connectivity index (χ2n) is 1.79. The largest absolute Gasteiger partial charge is 0.469 e. The van der Waals surface area contributed by atoms with Gasteiger partial charge in [0.15, 0.2) is 5.71 Å². The number of hydrogen-bond acceptors (Lipinski definition) is 6. The summed E-state index contributed by atoms with van der Waals surface area (Å²) >= 11 is 0. The Morgan fingerprint density at radius 1 is 1.33 bits per heavy atom. The van der Waals surface area contributed by atoms with E-state index in [1.165, 1.54) is 0 Å². The summed E-state index contributed by atoms with van der Waals surface area (Å²) in [7, 11) is 2.28. The van der Waals surface area contributed by atoms with E-state index in [0.717, 1.165) is 14.2 Å². The van der Waals surface area contributed by atoms with Crippen molar-refractivity contribution in [3.63, 3.8) is 0 Å². The molecule has 0 aliphatic rings. The highest BCUT2D eigenvalue weighted by Crippen LogP contribution is 1.92. The van der Waals surface area contributed by atoms with Gasteiger partial charge in [-0.25, -0.2) is 4.79 Å². The molecule has 0 atom stereocenters. The summed E-state index contributed by atoms with van der Waals surface area (Å²) in [5.41, 5.74) is -0.385. The Hall–Kier alpha value is -1.59. The highest BCUT2D eigenvalue weighted by molar-refractivity contribution is 6.39. The Balaban J connectivity index is 4.20. The second kappa shape index (κ2) is 5.11. The number of ether oxygens (including phenoxy) is 2. The van der Waals surface area contributed by atoms with Crippen LogP contribution in [0.3, 0.4) is 0 Å². The van der Waals surface area contributed by atoms with E-state index >= 15 is 0 Å². The Morgan fingerprint density at radius 2 is 1.92 bits per heavy atom. The van der Waals surface area contributed by atoms with Gasteiger partial charge in [0.2, 0.25) is 0 Å². The van der Waals surface area contributed by atoms with Crippen LogP contribution in [0, 0.1) is 0 Å². The van der Waals surface area contributed by atoms with E-state index in [1.807, 2.05) is 0 Å². The van der Waals surface area contributed by atoms with Crippen molar-refractivity contribution in [2.24, 2.45) is 5.16 Å². The number of methoxy groups -OCH3 is 2. The van der Waals surface area contributed by atoms with Gasteiger partial charge in [0, 0.05) is 0 Å². The van der Waals surface area contributed by atoms with Crippen molar-refractivity contribution in [1.29, 1.82) is 0 Å². The van der Waals surface area contributed by atoms with Gasteiger partial charge in [-0.3, -0.25) is 4.79 Å². The number of esters is 2. The predicted octanol–water partition coefficient (Wildman–Crippen LogP) is -0.447. The lowest BCUT2D eigenvalue weighted by Gasteiger charge is -1.99. The summed E-state index contributed by atoms with van der Waals surface area (Å²) in [5, 5.41) is 10.8. The lowest BCUT2D eigenvalue weighted by atomic mass is 10.3. The highest BCUT2D eigenvalue weighted by atomic mass is 16.5. The summed E-state index contributed by atoms with van der Waals surface area (Å²) in [6.45, 7) is 0. The third kappa shape index (κ3) is 3.00. The SMILES string of the molecule is COC(=O)C/C(=N\O)C(=O)OC. The van der Waals surface area contributed by atoms with Crippen molar-refractivity contribution in [2.45, 2.75) is 6.42 Å². The zero-order chi connectivity index (χ0) is 9.56. The molecule has 0 aliphatic carbocycles. The minimum absolute atomic E-state index is 0.385. The summed E-state index contributed by atoms with van der Waals surface area (Å²) in [5.74, 6) is -1.53. The molecule has 68 valence electrons. The molecule has 0 aromatic heterocycles. The fraction of sp³-hybridized carbons (Fsp3) is 0.500. The first-order valence-electron chi connectivity index (χ1n) is 3.01. The average Bonchev–Trinajstić information content (AvgIpc) is 2.12. The smallest absolute Gasteiger partial charge is 0.356 e. The van der Waals surface area contributed by atoms with Crippen LogP contribution in [-0.4, -0.2) is 37.1 Å². The normalized spacial score (nSPS) is 10.7. The molecule has 0 rings (SSSR count). The molecule has 6 nitrogen and oxygen atoms in total. The van der Waals surface area contributed by atoms with Crippen molar-refractivity contribution in [3.8, 4) is 0 Å². The van der Waals surface area contributed by atoms with Gasteiger partial charge in [-0.15, -0.1) is 0 Å². The minimum atomic E-state index is -0.858. The summed E-state index contributed by atoms with van der Waals surface area (Å²) in [4.78, 5) is 21.3. The minimum Gasteiger partial charge on any atom is -0.469 e. The molecule has 6 heteroatoms. The van der Waals surface area contributed by atoms with Crippen LogP contribution in [0.1, 0.15) is 6.42 Å². The molecule has 12 heavy (non-hydrogen) atoms. The lowest BCUT2D eigenvalue weighted by molar-refractivity contribution is -0.140. The van der Waals surface area contributed by atoms with E-state index in [9.17, 15) is 9.59 Å². The third-order valence-corrected chi connectivity index (χ3v) is 1.08. The molecule has 0 aromatic rings. The number of hydrogen-bond donors (Lipinski definition) is 1. The third-order valence-electron chi connectivity index (χ3n) is 1.08. The van der Waals surface area contributed by atoms with Crippen LogP contribution >= 0.6 is 0 Å². The number of carbonyl (C=O) groups excluding carboxylic acids is 2. The zero-order valence-electron chi connectivity index (χ0n) is 6.73. The maximum absolute atomic E-state index is 10.7. The number of nitrogens with zero attached hydrogens (tertiary/aromatic N) is 1. The first-order chi connectivity index (χ1) is 5.65. The first kappa shape index (κ1) is 10.4. The molecule has 1 N–H and O–H groups in total. The van der Waals surface area contributed by atoms with Crippen molar-refractivity contribution >= 4 is 17.7 Å². The van der Waals surface area contributed by atoms with Crippen LogP contribution in [0.2, 0.25) is 0 Å². The molecule has 0 fully saturated rings. The fourth-order valence-electron chi connectivity index (χ4n) is 0.475. The van der Waals surface area contributed by atoms with E-state index < -0.39 is 18.4 Å². The molecule has 0 amide bonds. The second-order valence-corrected chi connectivity index (χ2v) is 1.79. The van der Waals surface area contributed by atoms with Gasteiger partial charge in [0.05, 0.1) is 20.6 Å². The van der Waals surface area contributed by atoms with E-state index in [2.05, 4.69) is 14.6 Å². The van der Waals surface area contributed by atoms with Gasteiger partial charge < -0.3 is 14.7 Å². The Morgan fingerprint density at radius 3 is 2.25 bits per heavy atom. The summed E-state index contributed by atoms with van der Waals surface area (Å²) in [6, 6.07) is 0. The van der Waals surface area contributed by atoms with Crippen molar-refractivity contribution in [2.75, 3.05) is 14.2 Å². The Kier molecular flexibility index (Phi) is 4.43. The van der Waals surface area contributed by atoms with Crippen molar-refractivity contribution < 1.29 is 24.3 Å². The molecule has 0 saturated heterocycles. The van der Waals surface area contributed by atoms with Gasteiger partial charge in [0.1, 0.15) is 0 Å². The molecule has 0 aromatic carbocycles. The van der Waals surface area contributed by atoms with E-state index in [-0.39, 0.29) is 5.71 Å². The van der Waals surface area contributed by atoms with Crippen molar-refractivity contribution in [1.82, 2.24) is 0 Å². The molecule has 0 saturated carbocycles. The van der Waals surface area contributed by atoms with Crippen molar-refractivity contribution in [3.05, 3.63) is 0 Å². The monoisotopic (exact) mass is 175 g/mol. The molecule has 0 aliphatic heterocycles. The van der Waals surface area contributed by atoms with E-state index in [0.29, 0.717) is 0 Å². The molecular formula is C6H9NO5. The first-order valence-corrected chi connectivity index (χ1v) is 3.01. The molecular weight excluding hydrogens is 166 g/mol. The Bertz CT molecular complexity index is 210. The van der Waals surface area contributed by atoms with Crippen LogP contribution < -0.4 is 0 Å². The molecule has 0 radical (unpaired) electrons. The highest BCUT2D eigenvalue weighted by Gasteiger charge is 2.16. The van der Waals surface area contributed by atoms with E-state index in [4.69, 9.17) is 5.21 Å². The zero-order valence-corrected chi connectivity index (χ0v) is 6.73. The lowest BCUT2D eigenvalue weighted by Crippen LogP contribution is -2.20. The summed E-state index contributed by atoms with van der Waals surface area (Å²) in [6.07, 6.45) is -0.403. The van der Waals surface area contributed by atoms with Crippen LogP contribution in [0.5, 0.6) is 0 Å². The maximum Gasteiger partial charge on any atom is 0.356 e. The van der Waals surface area contributed by atoms with Gasteiger partial charge in [0.25, 0.3) is 0 Å². The molecule has 0 unspecified atom stereocenters. The number of oxime groups is 1. The maximum atomic E-state index is 10.7. The quantitative estimate of drug-likeness (QED) is 0.272. The number of rotatable bonds is 3. The van der Waals surface area contributed by atoms with Crippen LogP contribution in [0.25, 0.3) is 0 Å². The Labute approximate surface area is 68.8 Å². The number of carbonyl (C=O) groups is 2. The molecule has 0 heterocycles. The van der Waals surface area contributed by atoms with Gasteiger partial charge >= 0.3 is 11.9 Å². The topological polar surface area (TPSA) is 85.2 Å². The fourth-order valence-corrected chi connectivity index (χ4v) is 0.475. The molecule has 0 bridgehead atoms. The predicted molar refractivity (Wildman–Crippen MR) is 37.9 cm³/mol. The molecule has 0 spiro atoms. The average molecular weight is 175 g/mol. The summed E-state index contributed by atoms with van der Waals surface area (Å²) < 4.78 is 8.45. The van der Waals surface area contributed by atoms with Crippen LogP contribution in [-0.2, 0) is 19.1 Å². The standard InChI is InChI=1S/C6H9NO5/c1-11-5(8)3-4(7-10)6(9)12-2/h10H,3H2,1-2H3/b7-4+. The van der Waals surface area contributed by atoms with Crippen LogP contribution in [0.15, 0.2) is 5.16 Å². The van der Waals surface area contributed by atoms with Gasteiger partial charge in [-0.05, 0) is 0 Å². The van der Waals surface area contributed by atoms with Gasteiger partial charge in [-0.2, -0.15) is 0 Å². The van der Waals surface area contributed by atoms with Gasteiger partial charge in [-0.1, -0.05) is 5.16 Å². The van der Waals surface area contributed by atoms with Crippen LogP contribution in [0.4, 0.5) is 0 Å². The van der Waals surface area contributed by atoms with E-state index in [1.54, 1.807) is 0 Å².